The van der Waals surface area contributed by atoms with Gasteiger partial charge in [0.15, 0.2) is 0 Å². The monoisotopic (exact) mass is 354 g/mol. The molecule has 1 heterocycles. The Bertz CT molecular complexity index is 520. The second kappa shape index (κ2) is 6.63. The molecule has 1 aromatic rings. The lowest BCUT2D eigenvalue weighted by Gasteiger charge is -1.99. The van der Waals surface area contributed by atoms with Crippen molar-refractivity contribution in [1.82, 2.24) is 9.36 Å². The Kier molecular flexibility index (Phi) is 5.74. The molecule has 0 aliphatic carbocycles. The zero-order valence-electron chi connectivity index (χ0n) is 8.14. The molecule has 0 aromatic carbocycles. The molecule has 100 valence electrons. The van der Waals surface area contributed by atoms with Gasteiger partial charge in [0.2, 0.25) is 16.7 Å². The van der Waals surface area contributed by atoms with Crippen molar-refractivity contribution in [3.63, 3.8) is 0 Å². The van der Waals surface area contributed by atoms with E-state index in [1.165, 1.54) is 0 Å². The normalized spacial score (nSPS) is 12.3. The van der Waals surface area contributed by atoms with Gasteiger partial charge in [-0.2, -0.15) is 9.36 Å². The molecule has 13 heteroatoms. The molecule has 0 aliphatic rings. The first-order valence-corrected chi connectivity index (χ1v) is 8.58. The van der Waals surface area contributed by atoms with Gasteiger partial charge in [0.1, 0.15) is 0 Å². The van der Waals surface area contributed by atoms with Crippen LogP contribution in [0.3, 0.4) is 0 Å². The molecule has 0 atom stereocenters. The van der Waals surface area contributed by atoms with E-state index in [2.05, 4.69) is 24.4 Å². The second-order valence-corrected chi connectivity index (χ2v) is 8.07. The summed E-state index contributed by atoms with van der Waals surface area (Å²) in [5.41, 5.74) is -0.502. The lowest BCUT2D eigenvalue weighted by Crippen LogP contribution is -2.12. The molecular weight excluding hydrogens is 352 g/mol. The summed E-state index contributed by atoms with van der Waals surface area (Å²) in [4.78, 5) is 18.7. The molecule has 0 fully saturated rings. The van der Waals surface area contributed by atoms with E-state index in [1.54, 1.807) is 0 Å². The van der Waals surface area contributed by atoms with E-state index in [-0.39, 0.29) is 11.0 Å². The summed E-state index contributed by atoms with van der Waals surface area (Å²) < 4.78 is 26.5. The van der Waals surface area contributed by atoms with E-state index in [9.17, 15) is 13.8 Å². The third kappa shape index (κ3) is 5.03. The minimum atomic E-state index is -3.60. The van der Waals surface area contributed by atoms with Crippen molar-refractivity contribution < 1.29 is 18.6 Å². The van der Waals surface area contributed by atoms with Crippen LogP contribution in [-0.2, 0) is 14.2 Å². The van der Waals surface area contributed by atoms with Crippen LogP contribution in [0.1, 0.15) is 5.82 Å². The van der Waals surface area contributed by atoms with Gasteiger partial charge in [-0.25, -0.2) is 4.39 Å². The van der Waals surface area contributed by atoms with Crippen molar-refractivity contribution in [2.75, 3.05) is 11.9 Å². The molecule has 1 N–H and O–H groups in total. The van der Waals surface area contributed by atoms with Crippen molar-refractivity contribution in [3.05, 3.63) is 5.82 Å². The minimum absolute atomic E-state index is 0.0239. The Hall–Kier alpha value is -0.470. The molecule has 0 spiro atoms. The third-order valence-corrected chi connectivity index (χ3v) is 3.19. The lowest BCUT2D eigenvalue weighted by atomic mass is 10.4. The maximum atomic E-state index is 11.8. The van der Waals surface area contributed by atoms with Gasteiger partial charge in [0, 0.05) is 11.5 Å². The van der Waals surface area contributed by atoms with Crippen molar-refractivity contribution in [1.29, 1.82) is 0 Å². The van der Waals surface area contributed by atoms with Crippen LogP contribution in [0.5, 0.6) is 0 Å². The molecular formula is C5H3Cl3FN4O3PS. The summed E-state index contributed by atoms with van der Waals surface area (Å²) in [6.45, 7) is -1.25. The van der Waals surface area contributed by atoms with Gasteiger partial charge in [0.25, 0.3) is 12.1 Å². The van der Waals surface area contributed by atoms with Crippen molar-refractivity contribution in [3.8, 4) is 0 Å². The highest BCUT2D eigenvalue weighted by Crippen LogP contribution is 2.55. The SMILES string of the molecule is O=C(Cl)C(=NOCF)c1nsc(NP(=O)(Cl)Cl)n1. The van der Waals surface area contributed by atoms with Gasteiger partial charge < -0.3 is 4.84 Å². The van der Waals surface area contributed by atoms with Gasteiger partial charge in [-0.05, 0) is 34.1 Å². The Morgan fingerprint density at radius 1 is 1.61 bits per heavy atom. The minimum Gasteiger partial charge on any atom is -0.361 e. The van der Waals surface area contributed by atoms with E-state index in [0.717, 1.165) is 0 Å². The average Bonchev–Trinajstić information content (AvgIpc) is 2.63. The van der Waals surface area contributed by atoms with E-state index in [1.807, 2.05) is 0 Å². The first-order chi connectivity index (χ1) is 8.33. The number of nitrogens with zero attached hydrogens (tertiary/aromatic N) is 3. The number of rotatable bonds is 6. The number of halogens is 4. The van der Waals surface area contributed by atoms with E-state index in [0.29, 0.717) is 11.5 Å². The summed E-state index contributed by atoms with van der Waals surface area (Å²) in [5.74, 6) is -3.83. The number of alkyl halides is 1. The van der Waals surface area contributed by atoms with Crippen LogP contribution >= 0.6 is 51.6 Å². The first-order valence-electron chi connectivity index (χ1n) is 3.91. The summed E-state index contributed by atoms with van der Waals surface area (Å²) in [7, 11) is 0. The molecule has 0 saturated carbocycles. The fraction of sp³-hybridized carbons (Fsp3) is 0.200. The van der Waals surface area contributed by atoms with Crippen molar-refractivity contribution in [2.45, 2.75) is 0 Å². The largest absolute Gasteiger partial charge is 0.361 e. The number of anilines is 1. The Balaban J connectivity index is 2.95. The standard InChI is InChI=1S/C5H3Cl3FN4O3PS/c6-3(14)2(11-16-1-9)4-10-5(18-13-4)12-17(7,8)15/h1H2,(H,10,12,13,15). The van der Waals surface area contributed by atoms with Crippen LogP contribution in [0.2, 0.25) is 0 Å². The molecule has 0 saturated heterocycles. The summed E-state index contributed by atoms with van der Waals surface area (Å²) in [5, 5.41) is 4.19. The molecule has 0 bridgehead atoms. The highest BCUT2D eigenvalue weighted by molar-refractivity contribution is 8.09. The fourth-order valence-electron chi connectivity index (χ4n) is 0.730. The van der Waals surface area contributed by atoms with E-state index in [4.69, 9.17) is 34.1 Å². The number of carbonyl (C=O) groups is 1. The van der Waals surface area contributed by atoms with Crippen molar-refractivity contribution in [2.24, 2.45) is 5.16 Å². The number of carbonyl (C=O) groups excluding carboxylic acids is 1. The van der Waals surface area contributed by atoms with Crippen LogP contribution in [0, 0.1) is 0 Å². The Morgan fingerprint density at radius 3 is 2.78 bits per heavy atom. The van der Waals surface area contributed by atoms with Crippen LogP contribution in [0.4, 0.5) is 9.52 Å². The smallest absolute Gasteiger partial charge is 0.345 e. The molecule has 0 radical (unpaired) electrons. The van der Waals surface area contributed by atoms with Crippen LogP contribution < -0.4 is 5.09 Å². The molecule has 18 heavy (non-hydrogen) atoms. The number of hydrogen-bond donors (Lipinski definition) is 1. The molecule has 0 unspecified atom stereocenters. The van der Waals surface area contributed by atoms with Crippen LogP contribution in [0.25, 0.3) is 0 Å². The number of aromatic nitrogens is 2. The van der Waals surface area contributed by atoms with E-state index < -0.39 is 23.8 Å². The molecule has 0 aliphatic heterocycles. The third-order valence-electron chi connectivity index (χ3n) is 1.25. The summed E-state index contributed by atoms with van der Waals surface area (Å²) >= 11 is 16.4. The zero-order chi connectivity index (χ0) is 13.8. The topological polar surface area (TPSA) is 93.5 Å². The highest BCUT2D eigenvalue weighted by Gasteiger charge is 2.21. The van der Waals surface area contributed by atoms with Gasteiger partial charge in [0.05, 0.1) is 0 Å². The predicted octanol–water partition coefficient (Wildman–Crippen LogP) is 2.95. The number of nitrogens with one attached hydrogen (secondary N) is 1. The Labute approximate surface area is 118 Å². The maximum absolute atomic E-state index is 11.8. The van der Waals surface area contributed by atoms with Gasteiger partial charge in [-0.1, -0.05) is 5.16 Å². The molecule has 1 rings (SSSR count). The lowest BCUT2D eigenvalue weighted by molar-refractivity contribution is -0.106. The molecule has 7 nitrogen and oxygen atoms in total. The highest BCUT2D eigenvalue weighted by atomic mass is 35.9. The summed E-state index contributed by atoms with van der Waals surface area (Å²) in [6, 6.07) is 0. The molecule has 1 aromatic heterocycles. The van der Waals surface area contributed by atoms with Gasteiger partial charge in [-0.15, -0.1) is 0 Å². The van der Waals surface area contributed by atoms with Crippen LogP contribution in [-0.4, -0.2) is 27.2 Å². The van der Waals surface area contributed by atoms with Gasteiger partial charge in [-0.3, -0.25) is 14.4 Å². The summed E-state index contributed by atoms with van der Waals surface area (Å²) in [6.07, 6.45) is 0. The first kappa shape index (κ1) is 15.6. The predicted molar refractivity (Wildman–Crippen MR) is 67.3 cm³/mol. The quantitative estimate of drug-likeness (QED) is 0.365. The second-order valence-electron chi connectivity index (χ2n) is 2.45. The van der Waals surface area contributed by atoms with Crippen LogP contribution in [0.15, 0.2) is 5.16 Å². The van der Waals surface area contributed by atoms with Crippen molar-refractivity contribution >= 4 is 67.7 Å². The molecule has 0 amide bonds. The number of hydrogen-bond acceptors (Lipinski definition) is 7. The average molecular weight is 356 g/mol. The van der Waals surface area contributed by atoms with E-state index >= 15 is 0 Å². The fourth-order valence-corrected chi connectivity index (χ4v) is 2.88. The number of oxime groups is 1. The Morgan fingerprint density at radius 2 is 2.28 bits per heavy atom. The zero-order valence-corrected chi connectivity index (χ0v) is 12.1. The maximum Gasteiger partial charge on any atom is 0.345 e. The van der Waals surface area contributed by atoms with Gasteiger partial charge >= 0.3 is 6.00 Å².